The van der Waals surface area contributed by atoms with Crippen LogP contribution in [0.5, 0.6) is 0 Å². The topological polar surface area (TPSA) is 26.7 Å². The molecule has 1 saturated carbocycles. The van der Waals surface area contributed by atoms with Crippen molar-refractivity contribution in [2.45, 2.75) is 44.2 Å². The highest BCUT2D eigenvalue weighted by molar-refractivity contribution is 4.89. The van der Waals surface area contributed by atoms with Crippen molar-refractivity contribution < 1.29 is 5.11 Å². The van der Waals surface area contributed by atoms with E-state index < -0.39 is 0 Å². The third-order valence-corrected chi connectivity index (χ3v) is 4.49. The summed E-state index contributed by atoms with van der Waals surface area (Å²) < 4.78 is 0. The maximum Gasteiger partial charge on any atom is 0.0475 e. The Bertz CT molecular complexity index is 214. The molecule has 16 heavy (non-hydrogen) atoms. The van der Waals surface area contributed by atoms with Gasteiger partial charge < -0.3 is 10.0 Å². The van der Waals surface area contributed by atoms with Crippen molar-refractivity contribution in [3.05, 3.63) is 0 Å². The predicted molar refractivity (Wildman–Crippen MR) is 66.5 cm³/mol. The van der Waals surface area contributed by atoms with Gasteiger partial charge in [0.2, 0.25) is 0 Å². The molecule has 1 aliphatic carbocycles. The average Bonchev–Trinajstić information content (AvgIpc) is 2.81. The van der Waals surface area contributed by atoms with Gasteiger partial charge in [0, 0.05) is 25.2 Å². The van der Waals surface area contributed by atoms with E-state index in [0.29, 0.717) is 18.6 Å². The van der Waals surface area contributed by atoms with Gasteiger partial charge in [0.25, 0.3) is 0 Å². The van der Waals surface area contributed by atoms with E-state index in [2.05, 4.69) is 23.9 Å². The fourth-order valence-electron chi connectivity index (χ4n) is 3.40. The van der Waals surface area contributed by atoms with Gasteiger partial charge in [0.05, 0.1) is 0 Å². The molecule has 94 valence electrons. The molecule has 0 bridgehead atoms. The average molecular weight is 226 g/mol. The largest absolute Gasteiger partial charge is 0.396 e. The molecular formula is C13H26N2O. The Kier molecular flexibility index (Phi) is 4.22. The van der Waals surface area contributed by atoms with Crippen LogP contribution < -0.4 is 0 Å². The number of likely N-dealkylation sites (tertiary alicyclic amines) is 1. The first-order valence-corrected chi connectivity index (χ1v) is 6.73. The lowest BCUT2D eigenvalue weighted by Gasteiger charge is -2.43. The Balaban J connectivity index is 1.94. The van der Waals surface area contributed by atoms with E-state index in [0.717, 1.165) is 19.0 Å². The van der Waals surface area contributed by atoms with Gasteiger partial charge >= 0.3 is 0 Å². The fraction of sp³-hybridized carbons (Fsp3) is 1.00. The Morgan fingerprint density at radius 3 is 2.44 bits per heavy atom. The lowest BCUT2D eigenvalue weighted by atomic mass is 9.90. The summed E-state index contributed by atoms with van der Waals surface area (Å²) in [5.74, 6) is 0.479. The molecule has 0 spiro atoms. The molecule has 2 rings (SSSR count). The minimum atomic E-state index is 0.349. The summed E-state index contributed by atoms with van der Waals surface area (Å²) in [6.07, 6.45) is 6.78. The van der Waals surface area contributed by atoms with Crippen LogP contribution in [0.2, 0.25) is 0 Å². The molecular weight excluding hydrogens is 200 g/mol. The Hall–Kier alpha value is -0.120. The molecule has 0 aromatic heterocycles. The minimum absolute atomic E-state index is 0.349. The van der Waals surface area contributed by atoms with Gasteiger partial charge in [-0.1, -0.05) is 12.8 Å². The molecule has 0 aromatic rings. The van der Waals surface area contributed by atoms with E-state index in [9.17, 15) is 5.11 Å². The second-order valence-electron chi connectivity index (χ2n) is 5.70. The molecule has 1 N–H and O–H groups in total. The maximum atomic E-state index is 9.42. The van der Waals surface area contributed by atoms with Gasteiger partial charge in [0.15, 0.2) is 0 Å². The second kappa shape index (κ2) is 5.48. The van der Waals surface area contributed by atoms with Crippen LogP contribution >= 0.6 is 0 Å². The molecule has 2 atom stereocenters. The molecule has 0 radical (unpaired) electrons. The normalized spacial score (nSPS) is 33.8. The smallest absolute Gasteiger partial charge is 0.0475 e. The molecule has 3 heteroatoms. The minimum Gasteiger partial charge on any atom is -0.396 e. The summed E-state index contributed by atoms with van der Waals surface area (Å²) in [7, 11) is 4.29. The zero-order valence-electron chi connectivity index (χ0n) is 10.7. The van der Waals surface area contributed by atoms with Crippen LogP contribution in [0.4, 0.5) is 0 Å². The molecule has 1 aliphatic heterocycles. The van der Waals surface area contributed by atoms with Gasteiger partial charge in [-0.15, -0.1) is 0 Å². The highest BCUT2D eigenvalue weighted by Crippen LogP contribution is 2.29. The van der Waals surface area contributed by atoms with Crippen molar-refractivity contribution in [3.63, 3.8) is 0 Å². The second-order valence-corrected chi connectivity index (χ2v) is 5.70. The third-order valence-electron chi connectivity index (χ3n) is 4.49. The van der Waals surface area contributed by atoms with Gasteiger partial charge in [-0.3, -0.25) is 4.90 Å². The molecule has 3 nitrogen and oxygen atoms in total. The first kappa shape index (κ1) is 12.3. The standard InChI is InChI=1S/C13H26N2O/c1-14(2)13-9-15(8-7-11(13)10-16)12-5-3-4-6-12/h11-13,16H,3-10H2,1-2H3/t11-,13-/m1/s1. The summed E-state index contributed by atoms with van der Waals surface area (Å²) in [6.45, 7) is 2.70. The van der Waals surface area contributed by atoms with E-state index in [1.165, 1.54) is 32.2 Å². The molecule has 1 saturated heterocycles. The number of hydrogen-bond acceptors (Lipinski definition) is 3. The number of nitrogens with zero attached hydrogens (tertiary/aromatic N) is 2. The highest BCUT2D eigenvalue weighted by Gasteiger charge is 2.33. The van der Waals surface area contributed by atoms with Crippen molar-refractivity contribution in [2.24, 2.45) is 5.92 Å². The zero-order chi connectivity index (χ0) is 11.5. The van der Waals surface area contributed by atoms with Crippen molar-refractivity contribution in [1.29, 1.82) is 0 Å². The molecule has 0 aromatic carbocycles. The van der Waals surface area contributed by atoms with Gasteiger partial charge in [-0.2, -0.15) is 0 Å². The first-order valence-electron chi connectivity index (χ1n) is 6.73. The van der Waals surface area contributed by atoms with Gasteiger partial charge in [0.1, 0.15) is 0 Å². The number of aliphatic hydroxyl groups is 1. The van der Waals surface area contributed by atoms with E-state index in [1.807, 2.05) is 0 Å². The lowest BCUT2D eigenvalue weighted by molar-refractivity contribution is 0.0306. The predicted octanol–water partition coefficient (Wildman–Crippen LogP) is 1.17. The molecule has 2 fully saturated rings. The van der Waals surface area contributed by atoms with Crippen LogP contribution in [0.1, 0.15) is 32.1 Å². The number of likely N-dealkylation sites (N-methyl/N-ethyl adjacent to an activating group) is 1. The van der Waals surface area contributed by atoms with Crippen molar-refractivity contribution in [3.8, 4) is 0 Å². The quantitative estimate of drug-likeness (QED) is 0.782. The highest BCUT2D eigenvalue weighted by atomic mass is 16.3. The first-order chi connectivity index (χ1) is 7.72. The van der Waals surface area contributed by atoms with Gasteiger partial charge in [-0.25, -0.2) is 0 Å². The molecule has 2 aliphatic rings. The van der Waals surface area contributed by atoms with Crippen LogP contribution in [-0.2, 0) is 0 Å². The summed E-state index contributed by atoms with van der Waals surface area (Å²) in [6, 6.07) is 1.38. The third kappa shape index (κ3) is 2.58. The van der Waals surface area contributed by atoms with E-state index in [1.54, 1.807) is 0 Å². The number of hydrogen-bond donors (Lipinski definition) is 1. The Labute approximate surface area is 99.4 Å². The summed E-state index contributed by atoms with van der Waals surface area (Å²) in [5, 5.41) is 9.42. The lowest BCUT2D eigenvalue weighted by Crippen LogP contribution is -2.53. The summed E-state index contributed by atoms with van der Waals surface area (Å²) in [4.78, 5) is 4.96. The van der Waals surface area contributed by atoms with Crippen molar-refractivity contribution in [1.82, 2.24) is 9.80 Å². The van der Waals surface area contributed by atoms with Crippen LogP contribution in [0.3, 0.4) is 0 Å². The Morgan fingerprint density at radius 1 is 1.19 bits per heavy atom. The number of piperidine rings is 1. The van der Waals surface area contributed by atoms with Crippen LogP contribution in [0, 0.1) is 5.92 Å². The maximum absolute atomic E-state index is 9.42. The monoisotopic (exact) mass is 226 g/mol. The molecule has 0 amide bonds. The number of aliphatic hydroxyl groups excluding tert-OH is 1. The van der Waals surface area contributed by atoms with Crippen LogP contribution in [0.25, 0.3) is 0 Å². The van der Waals surface area contributed by atoms with Crippen molar-refractivity contribution in [2.75, 3.05) is 33.8 Å². The fourth-order valence-corrected chi connectivity index (χ4v) is 3.40. The number of rotatable bonds is 3. The zero-order valence-corrected chi connectivity index (χ0v) is 10.7. The molecule has 0 unspecified atom stereocenters. The Morgan fingerprint density at radius 2 is 1.88 bits per heavy atom. The van der Waals surface area contributed by atoms with E-state index >= 15 is 0 Å². The summed E-state index contributed by atoms with van der Waals surface area (Å²) in [5.41, 5.74) is 0. The van der Waals surface area contributed by atoms with Crippen LogP contribution in [-0.4, -0.2) is 60.8 Å². The van der Waals surface area contributed by atoms with Crippen molar-refractivity contribution >= 4 is 0 Å². The van der Waals surface area contributed by atoms with Crippen LogP contribution in [0.15, 0.2) is 0 Å². The van der Waals surface area contributed by atoms with E-state index in [4.69, 9.17) is 0 Å². The summed E-state index contributed by atoms with van der Waals surface area (Å²) >= 11 is 0. The van der Waals surface area contributed by atoms with E-state index in [-0.39, 0.29) is 0 Å². The molecule has 1 heterocycles. The van der Waals surface area contributed by atoms with Gasteiger partial charge in [-0.05, 0) is 45.8 Å². The SMILES string of the molecule is CN(C)[C@@H]1CN(C2CCCC2)CC[C@@H]1CO.